The first kappa shape index (κ1) is 17.4. The maximum absolute atomic E-state index is 13.1. The minimum Gasteiger partial charge on any atom is -0.317 e. The largest absolute Gasteiger partial charge is 0.317 e. The normalized spacial score (nSPS) is 30.4. The molecule has 4 heteroatoms. The van der Waals surface area contributed by atoms with E-state index in [0.717, 1.165) is 44.7 Å². The summed E-state index contributed by atoms with van der Waals surface area (Å²) < 4.78 is 13.1. The fraction of sp³-hybridized carbons (Fsp3) is 0.714. The highest BCUT2D eigenvalue weighted by molar-refractivity contribution is 5.38. The number of piperazine rings is 1. The van der Waals surface area contributed by atoms with Crippen LogP contribution in [0.4, 0.5) is 4.39 Å². The minimum absolute atomic E-state index is 0.351. The Labute approximate surface area is 151 Å². The van der Waals surface area contributed by atoms with Crippen LogP contribution in [-0.4, -0.2) is 54.1 Å². The monoisotopic (exact) mass is 345 g/mol. The van der Waals surface area contributed by atoms with Crippen molar-refractivity contribution in [3.63, 3.8) is 0 Å². The molecule has 4 rings (SSSR count). The third-order valence-corrected chi connectivity index (χ3v) is 6.93. The molecule has 0 amide bonds. The number of benzene rings is 1. The molecule has 1 aliphatic carbocycles. The highest BCUT2D eigenvalue weighted by Gasteiger charge is 2.40. The molecule has 1 N–H and O–H groups in total. The third-order valence-electron chi connectivity index (χ3n) is 6.93. The smallest absolute Gasteiger partial charge is 0.115 e. The molecule has 0 bridgehead atoms. The molecule has 25 heavy (non-hydrogen) atoms. The first-order valence-corrected chi connectivity index (χ1v) is 10.00. The van der Waals surface area contributed by atoms with Gasteiger partial charge in [-0.2, -0.15) is 0 Å². The fourth-order valence-electron chi connectivity index (χ4n) is 5.26. The van der Waals surface area contributed by atoms with Gasteiger partial charge in [-0.3, -0.25) is 9.80 Å². The number of alkyl halides is 1. The highest BCUT2D eigenvalue weighted by atomic mass is 19.1. The summed E-state index contributed by atoms with van der Waals surface area (Å²) in [5, 5.41) is 3.50. The Bertz CT molecular complexity index is 611. The zero-order chi connectivity index (χ0) is 17.4. The molecule has 138 valence electrons. The van der Waals surface area contributed by atoms with Crippen molar-refractivity contribution >= 4 is 0 Å². The molecule has 2 heterocycles. The Kier molecular flexibility index (Phi) is 4.87. The average Bonchev–Trinajstić information content (AvgIpc) is 3.05. The summed E-state index contributed by atoms with van der Waals surface area (Å²) >= 11 is 0. The number of fused-ring (bicyclic) bond motifs is 1. The van der Waals surface area contributed by atoms with Gasteiger partial charge in [-0.15, -0.1) is 0 Å². The third kappa shape index (κ3) is 3.24. The van der Waals surface area contributed by atoms with Gasteiger partial charge in [0.1, 0.15) is 6.67 Å². The van der Waals surface area contributed by atoms with E-state index in [9.17, 15) is 4.39 Å². The summed E-state index contributed by atoms with van der Waals surface area (Å²) in [4.78, 5) is 5.43. The fourth-order valence-corrected chi connectivity index (χ4v) is 5.26. The number of hydrogen-bond acceptors (Lipinski definition) is 3. The van der Waals surface area contributed by atoms with Crippen LogP contribution >= 0.6 is 0 Å². The van der Waals surface area contributed by atoms with E-state index < -0.39 is 0 Å². The van der Waals surface area contributed by atoms with Gasteiger partial charge in [0.05, 0.1) is 0 Å². The summed E-state index contributed by atoms with van der Waals surface area (Å²) in [6.07, 6.45) is 4.84. The van der Waals surface area contributed by atoms with E-state index in [2.05, 4.69) is 41.1 Å². The molecule has 3 nitrogen and oxygen atoms in total. The Hall–Kier alpha value is -0.970. The van der Waals surface area contributed by atoms with Gasteiger partial charge < -0.3 is 5.32 Å². The summed E-state index contributed by atoms with van der Waals surface area (Å²) in [6, 6.07) is 7.28. The number of aryl methyl sites for hydroxylation is 1. The number of piperidine rings is 1. The summed E-state index contributed by atoms with van der Waals surface area (Å²) in [5.74, 6) is 0. The van der Waals surface area contributed by atoms with Crippen molar-refractivity contribution in [1.82, 2.24) is 15.1 Å². The zero-order valence-corrected chi connectivity index (χ0v) is 15.7. The van der Waals surface area contributed by atoms with Crippen molar-refractivity contribution in [2.24, 2.45) is 0 Å². The molecular weight excluding hydrogens is 313 g/mol. The molecule has 0 radical (unpaired) electrons. The molecule has 1 aromatic carbocycles. The molecular formula is C21H32FN3. The predicted molar refractivity (Wildman–Crippen MR) is 101 cm³/mol. The van der Waals surface area contributed by atoms with E-state index in [4.69, 9.17) is 0 Å². The Morgan fingerprint density at radius 1 is 1.24 bits per heavy atom. The van der Waals surface area contributed by atoms with Crippen LogP contribution in [-0.2, 0) is 13.1 Å². The van der Waals surface area contributed by atoms with E-state index in [-0.39, 0.29) is 6.67 Å². The van der Waals surface area contributed by atoms with Gasteiger partial charge in [0, 0.05) is 37.3 Å². The number of halogens is 1. The van der Waals surface area contributed by atoms with Gasteiger partial charge >= 0.3 is 0 Å². The molecule has 0 saturated carbocycles. The molecule has 3 aliphatic rings. The zero-order valence-electron chi connectivity index (χ0n) is 15.7. The van der Waals surface area contributed by atoms with Crippen LogP contribution in [0.25, 0.3) is 0 Å². The second-order valence-electron chi connectivity index (χ2n) is 8.50. The molecule has 0 aromatic heterocycles. The van der Waals surface area contributed by atoms with Gasteiger partial charge in [0.25, 0.3) is 0 Å². The van der Waals surface area contributed by atoms with Crippen LogP contribution in [0.1, 0.15) is 55.8 Å². The maximum atomic E-state index is 13.1. The molecule has 1 unspecified atom stereocenters. The molecule has 2 fully saturated rings. The van der Waals surface area contributed by atoms with Crippen LogP contribution in [0.2, 0.25) is 0 Å². The molecule has 2 saturated heterocycles. The number of nitrogens with one attached hydrogen (secondary N) is 1. The predicted octanol–water partition coefficient (Wildman–Crippen LogP) is 3.29. The second kappa shape index (κ2) is 6.98. The standard InChI is InChI=1S/C21H32FN3/c1-16-15-24(21(2)7-9-23-10-8-21)11-12-25(16)20-6-5-18-4-3-17(14-22)13-19(18)20/h3-4,13,16,20,23H,5-12,14-15H2,1-2H3/t16-,20?/m0/s1. The average molecular weight is 346 g/mol. The van der Waals surface area contributed by atoms with Crippen LogP contribution in [0.15, 0.2) is 18.2 Å². The summed E-state index contributed by atoms with van der Waals surface area (Å²) in [5.41, 5.74) is 4.02. The molecule has 0 spiro atoms. The first-order valence-electron chi connectivity index (χ1n) is 10.00. The van der Waals surface area contributed by atoms with E-state index in [1.165, 1.54) is 30.4 Å². The lowest BCUT2D eigenvalue weighted by atomic mass is 9.87. The van der Waals surface area contributed by atoms with Crippen LogP contribution in [0, 0.1) is 0 Å². The second-order valence-corrected chi connectivity index (χ2v) is 8.50. The van der Waals surface area contributed by atoms with E-state index in [0.29, 0.717) is 17.6 Å². The number of rotatable bonds is 3. The molecule has 2 atom stereocenters. The Morgan fingerprint density at radius 2 is 2.04 bits per heavy atom. The quantitative estimate of drug-likeness (QED) is 0.907. The Balaban J connectivity index is 1.48. The van der Waals surface area contributed by atoms with Gasteiger partial charge in [0.2, 0.25) is 0 Å². The van der Waals surface area contributed by atoms with Crippen molar-refractivity contribution < 1.29 is 4.39 Å². The lowest BCUT2D eigenvalue weighted by molar-refractivity contribution is -0.0184. The topological polar surface area (TPSA) is 18.5 Å². The van der Waals surface area contributed by atoms with Gasteiger partial charge in [-0.1, -0.05) is 18.2 Å². The van der Waals surface area contributed by atoms with Gasteiger partial charge in [-0.25, -0.2) is 4.39 Å². The minimum atomic E-state index is -0.351. The first-order chi connectivity index (χ1) is 12.1. The highest BCUT2D eigenvalue weighted by Crippen LogP contribution is 2.39. The van der Waals surface area contributed by atoms with E-state index in [1.807, 2.05) is 6.07 Å². The van der Waals surface area contributed by atoms with Gasteiger partial charge in [-0.05, 0) is 69.3 Å². The van der Waals surface area contributed by atoms with Crippen LogP contribution in [0.3, 0.4) is 0 Å². The Morgan fingerprint density at radius 3 is 2.76 bits per heavy atom. The van der Waals surface area contributed by atoms with Gasteiger partial charge in [0.15, 0.2) is 0 Å². The SMILES string of the molecule is C[C@H]1CN(C2(C)CCNCC2)CCN1C1CCc2ccc(CF)cc21. The van der Waals surface area contributed by atoms with Crippen molar-refractivity contribution in [1.29, 1.82) is 0 Å². The maximum Gasteiger partial charge on any atom is 0.115 e. The molecule has 1 aromatic rings. The van der Waals surface area contributed by atoms with Crippen molar-refractivity contribution in [2.45, 2.75) is 63.8 Å². The molecule has 2 aliphatic heterocycles. The van der Waals surface area contributed by atoms with Crippen molar-refractivity contribution in [3.05, 3.63) is 34.9 Å². The van der Waals surface area contributed by atoms with Crippen LogP contribution in [0.5, 0.6) is 0 Å². The number of hydrogen-bond donors (Lipinski definition) is 1. The van der Waals surface area contributed by atoms with E-state index in [1.54, 1.807) is 0 Å². The van der Waals surface area contributed by atoms with Crippen molar-refractivity contribution in [2.75, 3.05) is 32.7 Å². The lowest BCUT2D eigenvalue weighted by Crippen LogP contribution is -2.61. The van der Waals surface area contributed by atoms with Crippen LogP contribution < -0.4 is 5.32 Å². The summed E-state index contributed by atoms with van der Waals surface area (Å²) in [6.45, 7) is 10.2. The van der Waals surface area contributed by atoms with E-state index >= 15 is 0 Å². The number of nitrogens with zero attached hydrogens (tertiary/aromatic N) is 2. The lowest BCUT2D eigenvalue weighted by Gasteiger charge is -2.51. The summed E-state index contributed by atoms with van der Waals surface area (Å²) in [7, 11) is 0. The van der Waals surface area contributed by atoms with Crippen molar-refractivity contribution in [3.8, 4) is 0 Å².